The molecule has 1 amide bonds. The maximum atomic E-state index is 12.4. The number of carbonyl (C=O) groups excluding carboxylic acids is 2. The molecule has 2 aromatic carbocycles. The van der Waals surface area contributed by atoms with Crippen molar-refractivity contribution >= 4 is 59.1 Å². The largest absolute Gasteiger partial charge is 0.341 e. The van der Waals surface area contributed by atoms with Crippen LogP contribution in [0.25, 0.3) is 0 Å². The predicted octanol–water partition coefficient (Wildman–Crippen LogP) is 4.49. The fourth-order valence-corrected chi connectivity index (χ4v) is 3.03. The number of amides is 1. The van der Waals surface area contributed by atoms with E-state index in [-0.39, 0.29) is 18.0 Å². The molecule has 1 atom stereocenters. The molecule has 0 saturated heterocycles. The van der Waals surface area contributed by atoms with Gasteiger partial charge in [-0.3, -0.25) is 9.59 Å². The topological polar surface area (TPSA) is 46.2 Å². The molecule has 0 spiro atoms. The van der Waals surface area contributed by atoms with Crippen LogP contribution in [-0.2, 0) is 11.2 Å². The second-order valence-corrected chi connectivity index (χ2v) is 6.81. The molecule has 2 rings (SSSR count). The number of Topliss-reactive ketones (excluding diaryl/α,β-unsaturated/α-hetero) is 1. The summed E-state index contributed by atoms with van der Waals surface area (Å²) in [7, 11) is 0. The predicted molar refractivity (Wildman–Crippen MR) is 102 cm³/mol. The molecule has 0 heterocycles. The van der Waals surface area contributed by atoms with E-state index < -0.39 is 11.9 Å². The summed E-state index contributed by atoms with van der Waals surface area (Å²) in [6, 6.07) is 10.8. The molecule has 0 bridgehead atoms. The van der Waals surface area contributed by atoms with Crippen molar-refractivity contribution in [1.82, 2.24) is 5.32 Å². The van der Waals surface area contributed by atoms with Crippen LogP contribution in [0.15, 0.2) is 42.5 Å². The lowest BCUT2D eigenvalue weighted by molar-refractivity contribution is -0.119. The van der Waals surface area contributed by atoms with Crippen molar-refractivity contribution in [2.75, 3.05) is 5.75 Å². The second kappa shape index (κ2) is 8.77. The van der Waals surface area contributed by atoms with Crippen molar-refractivity contribution in [3.8, 4) is 0 Å². The zero-order chi connectivity index (χ0) is 17.7. The quantitative estimate of drug-likeness (QED) is 0.699. The first-order chi connectivity index (χ1) is 11.4. The molecule has 0 aliphatic heterocycles. The Labute approximate surface area is 160 Å². The Bertz CT molecular complexity index is 730. The van der Waals surface area contributed by atoms with Crippen LogP contribution in [-0.4, -0.2) is 23.5 Å². The van der Waals surface area contributed by atoms with E-state index in [1.165, 1.54) is 18.2 Å². The van der Waals surface area contributed by atoms with Gasteiger partial charge in [0.25, 0.3) is 5.91 Å². The Morgan fingerprint density at radius 3 is 2.08 bits per heavy atom. The molecule has 0 radical (unpaired) electrons. The second-order valence-electron chi connectivity index (χ2n) is 5.14. The number of hydrogen-bond acceptors (Lipinski definition) is 3. The first-order valence-corrected chi connectivity index (χ1v) is 8.80. The van der Waals surface area contributed by atoms with Crippen LogP contribution in [0.2, 0.25) is 15.1 Å². The van der Waals surface area contributed by atoms with Gasteiger partial charge in [0, 0.05) is 32.8 Å². The number of carbonyl (C=O) groups is 2. The van der Waals surface area contributed by atoms with E-state index in [1.807, 2.05) is 0 Å². The van der Waals surface area contributed by atoms with Crippen LogP contribution in [0.3, 0.4) is 0 Å². The van der Waals surface area contributed by atoms with Gasteiger partial charge in [-0.05, 0) is 35.9 Å². The molecule has 3 nitrogen and oxygen atoms in total. The number of benzene rings is 2. The minimum atomic E-state index is -0.714. The van der Waals surface area contributed by atoms with Crippen LogP contribution in [0, 0.1) is 0 Å². The Hall–Kier alpha value is -1.20. The summed E-state index contributed by atoms with van der Waals surface area (Å²) >= 11 is 21.8. The number of hydrogen-bond donors (Lipinski definition) is 2. The first-order valence-electron chi connectivity index (χ1n) is 7.04. The lowest BCUT2D eigenvalue weighted by atomic mass is 10.0. The fraction of sp³-hybridized carbons (Fsp3) is 0.176. The molecule has 0 saturated carbocycles. The Morgan fingerprint density at radius 1 is 0.958 bits per heavy atom. The van der Waals surface area contributed by atoms with Crippen molar-refractivity contribution in [2.45, 2.75) is 12.5 Å². The van der Waals surface area contributed by atoms with Gasteiger partial charge in [0.05, 0.1) is 6.04 Å². The molecule has 0 aliphatic rings. The van der Waals surface area contributed by atoms with E-state index in [9.17, 15) is 9.59 Å². The molecule has 1 N–H and O–H groups in total. The van der Waals surface area contributed by atoms with Gasteiger partial charge < -0.3 is 5.32 Å². The molecule has 0 aliphatic carbocycles. The highest BCUT2D eigenvalue weighted by Crippen LogP contribution is 2.19. The van der Waals surface area contributed by atoms with Crippen LogP contribution in [0.5, 0.6) is 0 Å². The maximum absolute atomic E-state index is 12.4. The minimum Gasteiger partial charge on any atom is -0.341 e. The first kappa shape index (κ1) is 19.1. The number of rotatable bonds is 6. The van der Waals surface area contributed by atoms with E-state index in [2.05, 4.69) is 17.9 Å². The van der Waals surface area contributed by atoms with Crippen LogP contribution in [0.1, 0.15) is 15.9 Å². The minimum absolute atomic E-state index is 0.145. The van der Waals surface area contributed by atoms with Crippen LogP contribution < -0.4 is 5.32 Å². The summed E-state index contributed by atoms with van der Waals surface area (Å²) in [5.74, 6) is -0.386. The van der Waals surface area contributed by atoms with Gasteiger partial charge in [-0.25, -0.2) is 0 Å². The van der Waals surface area contributed by atoms with E-state index in [4.69, 9.17) is 34.8 Å². The number of ketones is 1. The third kappa shape index (κ3) is 5.42. The lowest BCUT2D eigenvalue weighted by Gasteiger charge is -2.16. The molecular weight excluding hydrogens is 389 g/mol. The highest BCUT2D eigenvalue weighted by atomic mass is 35.5. The molecule has 7 heteroatoms. The molecule has 2 aromatic rings. The van der Waals surface area contributed by atoms with Crippen molar-refractivity contribution in [1.29, 1.82) is 0 Å². The van der Waals surface area contributed by atoms with Gasteiger partial charge >= 0.3 is 0 Å². The highest BCUT2D eigenvalue weighted by Gasteiger charge is 2.20. The Morgan fingerprint density at radius 2 is 1.54 bits per heavy atom. The Balaban J connectivity index is 2.06. The van der Waals surface area contributed by atoms with Gasteiger partial charge in [0.2, 0.25) is 0 Å². The molecule has 0 unspecified atom stereocenters. The number of halogens is 3. The summed E-state index contributed by atoms with van der Waals surface area (Å²) < 4.78 is 0. The smallest absolute Gasteiger partial charge is 0.251 e. The summed E-state index contributed by atoms with van der Waals surface area (Å²) in [4.78, 5) is 24.7. The summed E-state index contributed by atoms with van der Waals surface area (Å²) in [5, 5.41) is 3.96. The van der Waals surface area contributed by atoms with Crippen molar-refractivity contribution < 1.29 is 9.59 Å². The van der Waals surface area contributed by atoms with Crippen LogP contribution in [0.4, 0.5) is 0 Å². The molecule has 0 fully saturated rings. The van der Waals surface area contributed by atoms with Gasteiger partial charge in [0.1, 0.15) is 0 Å². The van der Waals surface area contributed by atoms with Gasteiger partial charge in [-0.1, -0.05) is 46.9 Å². The van der Waals surface area contributed by atoms with E-state index in [1.54, 1.807) is 24.3 Å². The zero-order valence-corrected chi connectivity index (χ0v) is 15.6. The van der Waals surface area contributed by atoms with E-state index in [0.29, 0.717) is 20.6 Å². The normalized spacial score (nSPS) is 11.8. The number of thiol groups is 1. The zero-order valence-electron chi connectivity index (χ0n) is 12.4. The summed E-state index contributed by atoms with van der Waals surface area (Å²) in [5.41, 5.74) is 1.11. The van der Waals surface area contributed by atoms with E-state index >= 15 is 0 Å². The van der Waals surface area contributed by atoms with Gasteiger partial charge in [-0.15, -0.1) is 0 Å². The molecule has 24 heavy (non-hydrogen) atoms. The van der Waals surface area contributed by atoms with Gasteiger partial charge in [-0.2, -0.15) is 12.6 Å². The van der Waals surface area contributed by atoms with Crippen molar-refractivity contribution in [3.63, 3.8) is 0 Å². The monoisotopic (exact) mass is 401 g/mol. The molecule has 0 aromatic heterocycles. The van der Waals surface area contributed by atoms with Crippen LogP contribution >= 0.6 is 47.4 Å². The van der Waals surface area contributed by atoms with Crippen molar-refractivity contribution in [2.24, 2.45) is 0 Å². The average molecular weight is 403 g/mol. The molecular formula is C17H14Cl3NO2S. The van der Waals surface area contributed by atoms with E-state index in [0.717, 1.165) is 5.56 Å². The SMILES string of the molecule is O=C(N[C@H](CS)C(=O)Cc1ccc(Cl)cc1)c1cc(Cl)cc(Cl)c1. The third-order valence-corrected chi connectivity index (χ3v) is 4.35. The summed E-state index contributed by atoms with van der Waals surface area (Å²) in [6.07, 6.45) is 0.180. The fourth-order valence-electron chi connectivity index (χ4n) is 2.08. The molecule has 126 valence electrons. The Kier molecular flexibility index (Phi) is 6.99. The summed E-state index contributed by atoms with van der Waals surface area (Å²) in [6.45, 7) is 0. The average Bonchev–Trinajstić information content (AvgIpc) is 2.53. The number of nitrogens with one attached hydrogen (secondary N) is 1. The standard InChI is InChI=1S/C17H14Cl3NO2S/c18-12-3-1-10(2-4-12)5-16(22)15(9-24)21-17(23)11-6-13(19)8-14(20)7-11/h1-4,6-8,15,24H,5,9H2,(H,21,23)/t15-/m1/s1. The van der Waals surface area contributed by atoms with Gasteiger partial charge in [0.15, 0.2) is 5.78 Å². The maximum Gasteiger partial charge on any atom is 0.251 e. The lowest BCUT2D eigenvalue weighted by Crippen LogP contribution is -2.43. The van der Waals surface area contributed by atoms with Crippen molar-refractivity contribution in [3.05, 3.63) is 68.7 Å². The third-order valence-electron chi connectivity index (χ3n) is 3.29. The highest BCUT2D eigenvalue weighted by molar-refractivity contribution is 7.80.